The van der Waals surface area contributed by atoms with Gasteiger partial charge in [0.1, 0.15) is 0 Å². The van der Waals surface area contributed by atoms with Crippen molar-refractivity contribution in [3.63, 3.8) is 0 Å². The maximum atomic E-state index is 12.9. The number of piperidine rings is 1. The fourth-order valence-electron chi connectivity index (χ4n) is 4.64. The Kier molecular flexibility index (Phi) is 8.39. The Morgan fingerprint density at radius 3 is 2.56 bits per heavy atom. The molecule has 3 amide bonds. The maximum Gasteiger partial charge on any atom is 0.416 e. The lowest BCUT2D eigenvalue weighted by molar-refractivity contribution is -0.137. The average Bonchev–Trinajstić information content (AvgIpc) is 3.27. The molecule has 178 valence electrons. The second-order valence-electron chi connectivity index (χ2n) is 8.77. The first-order valence-electron chi connectivity index (χ1n) is 11.5. The van der Waals surface area contributed by atoms with Gasteiger partial charge in [0.25, 0.3) is 0 Å². The van der Waals surface area contributed by atoms with Crippen molar-refractivity contribution >= 4 is 17.6 Å². The van der Waals surface area contributed by atoms with Gasteiger partial charge in [-0.2, -0.15) is 13.2 Å². The molecule has 0 unspecified atom stereocenters. The Bertz CT molecular complexity index is 781. The summed E-state index contributed by atoms with van der Waals surface area (Å²) < 4.78 is 38.7. The molecule has 0 saturated carbocycles. The van der Waals surface area contributed by atoms with Crippen LogP contribution in [0.15, 0.2) is 24.3 Å². The highest BCUT2D eigenvalue weighted by atomic mass is 19.4. The minimum atomic E-state index is -4.46. The van der Waals surface area contributed by atoms with E-state index in [4.69, 9.17) is 0 Å². The van der Waals surface area contributed by atoms with Gasteiger partial charge in [-0.1, -0.05) is 19.4 Å². The molecule has 0 bridgehead atoms. The van der Waals surface area contributed by atoms with Gasteiger partial charge in [0.2, 0.25) is 5.91 Å². The van der Waals surface area contributed by atoms with Gasteiger partial charge in [0, 0.05) is 38.3 Å². The van der Waals surface area contributed by atoms with Gasteiger partial charge in [-0.05, 0) is 62.4 Å². The highest BCUT2D eigenvalue weighted by Crippen LogP contribution is 2.32. The van der Waals surface area contributed by atoms with Crippen molar-refractivity contribution in [3.05, 3.63) is 29.8 Å². The molecular weight excluding hydrogens is 421 g/mol. The minimum Gasteiger partial charge on any atom is -0.355 e. The molecule has 32 heavy (non-hydrogen) atoms. The molecule has 9 heteroatoms. The van der Waals surface area contributed by atoms with Crippen LogP contribution >= 0.6 is 0 Å². The number of nitrogens with zero attached hydrogens (tertiary/aromatic N) is 2. The summed E-state index contributed by atoms with van der Waals surface area (Å²) in [5.74, 6) is 0.430. The summed E-state index contributed by atoms with van der Waals surface area (Å²) in [6, 6.07) is 4.24. The fourth-order valence-corrected chi connectivity index (χ4v) is 4.64. The molecule has 0 radical (unpaired) electrons. The molecular formula is C23H33F3N4O2. The van der Waals surface area contributed by atoms with Crippen LogP contribution in [-0.2, 0) is 11.0 Å². The number of alkyl halides is 3. The van der Waals surface area contributed by atoms with Crippen LogP contribution in [0.4, 0.5) is 23.7 Å². The van der Waals surface area contributed by atoms with E-state index in [1.807, 2.05) is 6.92 Å². The van der Waals surface area contributed by atoms with Crippen molar-refractivity contribution < 1.29 is 22.8 Å². The molecule has 1 aromatic carbocycles. The van der Waals surface area contributed by atoms with E-state index in [0.717, 1.165) is 38.2 Å². The highest BCUT2D eigenvalue weighted by Gasteiger charge is 2.33. The van der Waals surface area contributed by atoms with Gasteiger partial charge in [-0.25, -0.2) is 4.79 Å². The van der Waals surface area contributed by atoms with E-state index in [1.54, 1.807) is 4.90 Å². The van der Waals surface area contributed by atoms with Gasteiger partial charge < -0.3 is 20.4 Å². The Balaban J connectivity index is 1.47. The number of carbonyl (C=O) groups excluding carboxylic acids is 2. The molecule has 2 saturated heterocycles. The summed E-state index contributed by atoms with van der Waals surface area (Å²) in [6.07, 6.45) is -0.0196. The van der Waals surface area contributed by atoms with E-state index in [2.05, 4.69) is 15.5 Å². The van der Waals surface area contributed by atoms with Crippen molar-refractivity contribution in [1.29, 1.82) is 0 Å². The molecule has 0 aromatic heterocycles. The second kappa shape index (κ2) is 11.0. The molecule has 2 atom stereocenters. The van der Waals surface area contributed by atoms with Gasteiger partial charge >= 0.3 is 12.2 Å². The SMILES string of the molecule is CC[C@H]1CN(C(=O)Nc2cccc(C(F)(F)F)c2)CC[C@H]1CC(=O)NCCN1CCCC1. The van der Waals surface area contributed by atoms with E-state index in [-0.39, 0.29) is 23.4 Å². The molecule has 2 heterocycles. The molecule has 2 aliphatic heterocycles. The zero-order valence-electron chi connectivity index (χ0n) is 18.6. The van der Waals surface area contributed by atoms with Crippen LogP contribution < -0.4 is 10.6 Å². The zero-order chi connectivity index (χ0) is 23.1. The molecule has 3 rings (SSSR count). The summed E-state index contributed by atoms with van der Waals surface area (Å²) in [4.78, 5) is 29.0. The number of hydrogen-bond donors (Lipinski definition) is 2. The monoisotopic (exact) mass is 454 g/mol. The number of halogens is 3. The molecule has 2 aliphatic rings. The maximum absolute atomic E-state index is 12.9. The number of carbonyl (C=O) groups is 2. The number of hydrogen-bond acceptors (Lipinski definition) is 3. The summed E-state index contributed by atoms with van der Waals surface area (Å²) in [6.45, 7) is 6.77. The largest absolute Gasteiger partial charge is 0.416 e. The zero-order valence-corrected chi connectivity index (χ0v) is 18.6. The molecule has 1 aromatic rings. The molecule has 2 N–H and O–H groups in total. The number of urea groups is 1. The Morgan fingerprint density at radius 2 is 1.88 bits per heavy atom. The molecule has 0 spiro atoms. The summed E-state index contributed by atoms with van der Waals surface area (Å²) >= 11 is 0. The molecule has 2 fully saturated rings. The van der Waals surface area contributed by atoms with E-state index in [1.165, 1.54) is 25.0 Å². The highest BCUT2D eigenvalue weighted by molar-refractivity contribution is 5.89. The number of rotatable bonds is 7. The van der Waals surface area contributed by atoms with Crippen molar-refractivity contribution in [3.8, 4) is 0 Å². The van der Waals surface area contributed by atoms with Crippen molar-refractivity contribution in [2.45, 2.75) is 45.2 Å². The number of likely N-dealkylation sites (tertiary alicyclic amines) is 2. The number of benzene rings is 1. The lowest BCUT2D eigenvalue weighted by Crippen LogP contribution is -2.46. The van der Waals surface area contributed by atoms with Gasteiger partial charge in [0.05, 0.1) is 5.56 Å². The van der Waals surface area contributed by atoms with Crippen molar-refractivity contribution in [2.24, 2.45) is 11.8 Å². The normalized spacial score (nSPS) is 22.1. The van der Waals surface area contributed by atoms with E-state index in [0.29, 0.717) is 32.5 Å². The van der Waals surface area contributed by atoms with Crippen LogP contribution in [0.25, 0.3) is 0 Å². The lowest BCUT2D eigenvalue weighted by Gasteiger charge is -2.38. The third kappa shape index (κ3) is 6.85. The predicted octanol–water partition coefficient (Wildman–Crippen LogP) is 4.19. The quantitative estimate of drug-likeness (QED) is 0.650. The first-order valence-corrected chi connectivity index (χ1v) is 11.5. The van der Waals surface area contributed by atoms with E-state index >= 15 is 0 Å². The summed E-state index contributed by atoms with van der Waals surface area (Å²) in [5, 5.41) is 5.60. The Hall–Kier alpha value is -2.29. The van der Waals surface area contributed by atoms with E-state index in [9.17, 15) is 22.8 Å². The number of anilines is 1. The average molecular weight is 455 g/mol. The second-order valence-corrected chi connectivity index (χ2v) is 8.77. The topological polar surface area (TPSA) is 64.7 Å². The fraction of sp³-hybridized carbons (Fsp3) is 0.652. The van der Waals surface area contributed by atoms with Crippen LogP contribution in [-0.4, -0.2) is 61.0 Å². The first-order chi connectivity index (χ1) is 15.3. The Labute approximate surface area is 187 Å². The summed E-state index contributed by atoms with van der Waals surface area (Å²) in [7, 11) is 0. The van der Waals surface area contributed by atoms with Crippen LogP contribution in [0, 0.1) is 11.8 Å². The van der Waals surface area contributed by atoms with Crippen LogP contribution in [0.1, 0.15) is 44.6 Å². The van der Waals surface area contributed by atoms with Crippen molar-refractivity contribution in [1.82, 2.24) is 15.1 Å². The third-order valence-corrected chi connectivity index (χ3v) is 6.54. The molecule has 0 aliphatic carbocycles. The van der Waals surface area contributed by atoms with Crippen LogP contribution in [0.2, 0.25) is 0 Å². The van der Waals surface area contributed by atoms with Crippen LogP contribution in [0.3, 0.4) is 0 Å². The third-order valence-electron chi connectivity index (χ3n) is 6.54. The lowest BCUT2D eigenvalue weighted by atomic mass is 9.81. The van der Waals surface area contributed by atoms with Gasteiger partial charge in [-0.3, -0.25) is 4.79 Å². The molecule has 6 nitrogen and oxygen atoms in total. The standard InChI is InChI=1S/C23H33F3N4O2/c1-2-17-16-30(22(32)28-20-7-5-6-19(15-20)23(24,25)26)12-8-18(17)14-21(31)27-9-13-29-10-3-4-11-29/h5-7,15,17-18H,2-4,8-14,16H2,1H3,(H,27,31)(H,28,32)/t17-,18-/m0/s1. The van der Waals surface area contributed by atoms with E-state index < -0.39 is 17.8 Å². The van der Waals surface area contributed by atoms with Gasteiger partial charge in [-0.15, -0.1) is 0 Å². The first kappa shape index (κ1) is 24.4. The number of amides is 3. The van der Waals surface area contributed by atoms with Crippen molar-refractivity contribution in [2.75, 3.05) is 44.6 Å². The smallest absolute Gasteiger partial charge is 0.355 e. The number of nitrogens with one attached hydrogen (secondary N) is 2. The summed E-state index contributed by atoms with van der Waals surface area (Å²) in [5.41, 5.74) is -0.673. The Morgan fingerprint density at radius 1 is 1.12 bits per heavy atom. The van der Waals surface area contributed by atoms with Crippen LogP contribution in [0.5, 0.6) is 0 Å². The van der Waals surface area contributed by atoms with Gasteiger partial charge in [0.15, 0.2) is 0 Å². The predicted molar refractivity (Wildman–Crippen MR) is 117 cm³/mol. The minimum absolute atomic E-state index is 0.0505.